The minimum absolute atomic E-state index is 0.170. The van der Waals surface area contributed by atoms with E-state index in [0.29, 0.717) is 24.6 Å². The summed E-state index contributed by atoms with van der Waals surface area (Å²) in [6.07, 6.45) is 7.79. The largest absolute Gasteiger partial charge is 0.461 e. The van der Waals surface area contributed by atoms with Crippen LogP contribution in [-0.2, 0) is 13.1 Å². The molecule has 7 heteroatoms. The first kappa shape index (κ1) is 17.8. The van der Waals surface area contributed by atoms with E-state index in [1.165, 1.54) is 0 Å². The van der Waals surface area contributed by atoms with Crippen LogP contribution >= 0.6 is 0 Å². The number of aryl methyl sites for hydroxylation is 1. The van der Waals surface area contributed by atoms with Gasteiger partial charge in [0.1, 0.15) is 0 Å². The first-order valence-corrected chi connectivity index (χ1v) is 9.09. The number of hydrogen-bond donors (Lipinski definition) is 0. The van der Waals surface area contributed by atoms with Crippen molar-refractivity contribution < 1.29 is 13.7 Å². The second-order valence-corrected chi connectivity index (χ2v) is 6.42. The number of rotatable bonds is 8. The first-order valence-electron chi connectivity index (χ1n) is 9.09. The number of carbonyl (C=O) groups is 1. The van der Waals surface area contributed by atoms with Crippen molar-refractivity contribution in [3.63, 3.8) is 0 Å². The van der Waals surface area contributed by atoms with Crippen molar-refractivity contribution in [2.45, 2.75) is 19.5 Å². The summed E-state index contributed by atoms with van der Waals surface area (Å²) in [5.74, 6) is 0.809. The Kier molecular flexibility index (Phi) is 5.33. The standard InChI is InChI=1S/C21H20N4O3/c26-21(18-14-20(28-23-18)19-8-4-13-27-19)25(15-17-6-2-1-3-7-17)11-5-10-24-12-9-22-16-24/h1-4,6-9,12-14,16H,5,10-11,15H2. The Morgan fingerprint density at radius 2 is 2.00 bits per heavy atom. The molecule has 4 aromatic rings. The van der Waals surface area contributed by atoms with Crippen molar-refractivity contribution in [1.82, 2.24) is 19.6 Å². The summed E-state index contributed by atoms with van der Waals surface area (Å²) in [7, 11) is 0. The molecule has 0 N–H and O–H groups in total. The predicted octanol–water partition coefficient (Wildman–Crippen LogP) is 3.86. The molecule has 0 spiro atoms. The van der Waals surface area contributed by atoms with Crippen molar-refractivity contribution in [3.8, 4) is 11.5 Å². The van der Waals surface area contributed by atoms with Gasteiger partial charge in [-0.1, -0.05) is 35.5 Å². The van der Waals surface area contributed by atoms with E-state index in [9.17, 15) is 4.79 Å². The summed E-state index contributed by atoms with van der Waals surface area (Å²) >= 11 is 0. The molecular weight excluding hydrogens is 356 g/mol. The van der Waals surface area contributed by atoms with Crippen LogP contribution in [0.5, 0.6) is 0 Å². The van der Waals surface area contributed by atoms with E-state index in [0.717, 1.165) is 18.5 Å². The number of hydrogen-bond acceptors (Lipinski definition) is 5. The number of aromatic nitrogens is 3. The lowest BCUT2D eigenvalue weighted by Crippen LogP contribution is -2.32. The van der Waals surface area contributed by atoms with E-state index in [1.54, 1.807) is 41.9 Å². The zero-order chi connectivity index (χ0) is 19.2. The van der Waals surface area contributed by atoms with Crippen molar-refractivity contribution in [1.29, 1.82) is 0 Å². The summed E-state index contributed by atoms with van der Waals surface area (Å²) < 4.78 is 12.6. The maximum absolute atomic E-state index is 13.1. The van der Waals surface area contributed by atoms with Crippen molar-refractivity contribution in [3.05, 3.63) is 84.8 Å². The molecule has 0 atom stereocenters. The molecule has 0 unspecified atom stereocenters. The van der Waals surface area contributed by atoms with Gasteiger partial charge < -0.3 is 18.4 Å². The normalized spacial score (nSPS) is 10.9. The van der Waals surface area contributed by atoms with Gasteiger partial charge in [-0.25, -0.2) is 4.98 Å². The van der Waals surface area contributed by atoms with E-state index >= 15 is 0 Å². The number of nitrogens with zero attached hydrogens (tertiary/aromatic N) is 4. The summed E-state index contributed by atoms with van der Waals surface area (Å²) in [6.45, 7) is 1.89. The third kappa shape index (κ3) is 4.20. The van der Waals surface area contributed by atoms with E-state index in [-0.39, 0.29) is 11.6 Å². The molecule has 0 saturated carbocycles. The van der Waals surface area contributed by atoms with Crippen molar-refractivity contribution >= 4 is 5.91 Å². The molecule has 1 aromatic carbocycles. The molecule has 1 amide bonds. The van der Waals surface area contributed by atoms with Crippen LogP contribution < -0.4 is 0 Å². The van der Waals surface area contributed by atoms with Crippen LogP contribution in [0.25, 0.3) is 11.5 Å². The Labute approximate surface area is 162 Å². The summed E-state index contributed by atoms with van der Waals surface area (Å²) in [6, 6.07) is 15.1. The Morgan fingerprint density at radius 3 is 2.75 bits per heavy atom. The Balaban J connectivity index is 1.48. The lowest BCUT2D eigenvalue weighted by atomic mass is 10.2. The van der Waals surface area contributed by atoms with Crippen LogP contribution in [0.1, 0.15) is 22.5 Å². The molecule has 0 aliphatic carbocycles. The number of imidazole rings is 1. The molecule has 0 aliphatic rings. The number of furan rings is 1. The molecular formula is C21H20N4O3. The molecule has 28 heavy (non-hydrogen) atoms. The molecule has 7 nitrogen and oxygen atoms in total. The smallest absolute Gasteiger partial charge is 0.276 e. The van der Waals surface area contributed by atoms with E-state index in [2.05, 4.69) is 10.1 Å². The lowest BCUT2D eigenvalue weighted by molar-refractivity contribution is 0.0728. The molecule has 0 fully saturated rings. The molecule has 3 heterocycles. The highest BCUT2D eigenvalue weighted by molar-refractivity contribution is 5.93. The molecule has 0 aliphatic heterocycles. The quantitative estimate of drug-likeness (QED) is 0.467. The van der Waals surface area contributed by atoms with Gasteiger partial charge in [0.15, 0.2) is 11.5 Å². The second-order valence-electron chi connectivity index (χ2n) is 6.42. The Hall–Kier alpha value is -3.61. The SMILES string of the molecule is O=C(c1cc(-c2ccco2)on1)N(CCCn1ccnc1)Cc1ccccc1. The van der Waals surface area contributed by atoms with Crippen LogP contribution in [0.3, 0.4) is 0 Å². The van der Waals surface area contributed by atoms with Crippen molar-refractivity contribution in [2.24, 2.45) is 0 Å². The molecule has 0 bridgehead atoms. The Morgan fingerprint density at radius 1 is 1.11 bits per heavy atom. The number of amides is 1. The van der Waals surface area contributed by atoms with Gasteiger partial charge in [0.2, 0.25) is 5.76 Å². The van der Waals surface area contributed by atoms with Gasteiger partial charge in [-0.3, -0.25) is 4.79 Å². The van der Waals surface area contributed by atoms with Crippen LogP contribution in [0.2, 0.25) is 0 Å². The first-order chi connectivity index (χ1) is 13.8. The highest BCUT2D eigenvalue weighted by Crippen LogP contribution is 2.21. The average Bonchev–Trinajstić information content (AvgIpc) is 3.49. The third-order valence-electron chi connectivity index (χ3n) is 4.40. The molecule has 3 aromatic heterocycles. The summed E-state index contributed by atoms with van der Waals surface area (Å²) in [5, 5.41) is 3.95. The van der Waals surface area contributed by atoms with E-state index in [4.69, 9.17) is 8.94 Å². The second kappa shape index (κ2) is 8.39. The fourth-order valence-electron chi connectivity index (χ4n) is 2.99. The molecule has 0 saturated heterocycles. The fraction of sp³-hybridized carbons (Fsp3) is 0.190. The Bertz CT molecular complexity index is 992. The molecule has 0 radical (unpaired) electrons. The van der Waals surface area contributed by atoms with Crippen LogP contribution in [0.4, 0.5) is 0 Å². The summed E-state index contributed by atoms with van der Waals surface area (Å²) in [4.78, 5) is 18.9. The van der Waals surface area contributed by atoms with Gasteiger partial charge in [0.25, 0.3) is 5.91 Å². The zero-order valence-corrected chi connectivity index (χ0v) is 15.3. The van der Waals surface area contributed by atoms with Gasteiger partial charge in [-0.2, -0.15) is 0 Å². The maximum atomic E-state index is 13.1. The monoisotopic (exact) mass is 376 g/mol. The minimum Gasteiger partial charge on any atom is -0.461 e. The highest BCUT2D eigenvalue weighted by Gasteiger charge is 2.21. The van der Waals surface area contributed by atoms with Gasteiger partial charge in [0, 0.05) is 38.1 Å². The zero-order valence-electron chi connectivity index (χ0n) is 15.3. The minimum atomic E-state index is -0.170. The average molecular weight is 376 g/mol. The van der Waals surface area contributed by atoms with Crippen molar-refractivity contribution in [2.75, 3.05) is 6.54 Å². The topological polar surface area (TPSA) is 77.3 Å². The highest BCUT2D eigenvalue weighted by atomic mass is 16.5. The van der Waals surface area contributed by atoms with Crippen LogP contribution in [-0.4, -0.2) is 32.1 Å². The van der Waals surface area contributed by atoms with Crippen LogP contribution in [0.15, 0.2) is 82.5 Å². The van der Waals surface area contributed by atoms with E-state index < -0.39 is 0 Å². The van der Waals surface area contributed by atoms with E-state index in [1.807, 2.05) is 41.1 Å². The predicted molar refractivity (Wildman–Crippen MR) is 102 cm³/mol. The summed E-state index contributed by atoms with van der Waals surface area (Å²) in [5.41, 5.74) is 1.33. The van der Waals surface area contributed by atoms with Gasteiger partial charge in [0.05, 0.1) is 12.6 Å². The number of carbonyl (C=O) groups excluding carboxylic acids is 1. The fourth-order valence-corrected chi connectivity index (χ4v) is 2.99. The van der Waals surface area contributed by atoms with Gasteiger partial charge in [-0.15, -0.1) is 0 Å². The molecule has 4 rings (SSSR count). The number of benzene rings is 1. The van der Waals surface area contributed by atoms with Gasteiger partial charge in [-0.05, 0) is 24.1 Å². The molecule has 142 valence electrons. The third-order valence-corrected chi connectivity index (χ3v) is 4.40. The lowest BCUT2D eigenvalue weighted by Gasteiger charge is -2.22. The van der Waals surface area contributed by atoms with Gasteiger partial charge >= 0.3 is 0 Å². The maximum Gasteiger partial charge on any atom is 0.276 e. The van der Waals surface area contributed by atoms with Crippen LogP contribution in [0, 0.1) is 0 Å².